The number of halogens is 1. The molecule has 5 heteroatoms. The fourth-order valence-electron chi connectivity index (χ4n) is 0. The Morgan fingerprint density at radius 1 is 1.71 bits per heavy atom. The van der Waals surface area contributed by atoms with E-state index in [-0.39, 0.29) is 0 Å². The summed E-state index contributed by atoms with van der Waals surface area (Å²) in [6.45, 7) is 0. The van der Waals surface area contributed by atoms with E-state index in [1.165, 1.54) is 0 Å². The predicted molar refractivity (Wildman–Crippen MR) is 36.0 cm³/mol. The highest BCUT2D eigenvalue weighted by molar-refractivity contribution is 8.00. The molecule has 0 aromatic carbocycles. The molecule has 0 spiro atoms. The molecule has 0 aromatic heterocycles. The highest BCUT2D eigenvalue weighted by Crippen LogP contribution is 1.83. The van der Waals surface area contributed by atoms with E-state index in [2.05, 4.69) is 36.9 Å². The molecule has 0 aromatic rings. The Morgan fingerprint density at radius 3 is 1.71 bits per heavy atom. The van der Waals surface area contributed by atoms with Crippen LogP contribution in [0.25, 0.3) is 0 Å². The monoisotopic (exact) mass is 158 g/mol. The smallest absolute Gasteiger partial charge is 0.276 e. The topological polar surface area (TPSA) is 34.1 Å². The van der Waals surface area contributed by atoms with Crippen molar-refractivity contribution in [1.82, 2.24) is 0 Å². The molecule has 0 atom stereocenters. The molecule has 0 bridgehead atoms. The summed E-state index contributed by atoms with van der Waals surface area (Å²) in [5, 5.41) is 0. The van der Waals surface area contributed by atoms with Crippen molar-refractivity contribution in [3.8, 4) is 0 Å². The van der Waals surface area contributed by atoms with E-state index < -0.39 is 4.57 Å². The summed E-state index contributed by atoms with van der Waals surface area (Å²) in [6.07, 6.45) is 0. The SMILES string of the molecule is O=C(S)Cl.O=CS. The van der Waals surface area contributed by atoms with Crippen molar-refractivity contribution < 1.29 is 9.59 Å². The summed E-state index contributed by atoms with van der Waals surface area (Å²) in [6, 6.07) is 0. The summed E-state index contributed by atoms with van der Waals surface area (Å²) in [5.41, 5.74) is 0.444. The van der Waals surface area contributed by atoms with Crippen LogP contribution in [-0.4, -0.2) is 10.2 Å². The molecular formula is C2H3ClO2S2. The van der Waals surface area contributed by atoms with E-state index in [0.29, 0.717) is 5.62 Å². The molecule has 0 unspecified atom stereocenters. The molecule has 0 N–H and O–H groups in total. The molecule has 0 aliphatic rings. The second-order valence-corrected chi connectivity index (χ2v) is 1.58. The highest BCUT2D eigenvalue weighted by atomic mass is 35.5. The lowest BCUT2D eigenvalue weighted by atomic mass is 11.8. The predicted octanol–water partition coefficient (Wildman–Crippen LogP) is 1.38. The van der Waals surface area contributed by atoms with Crippen molar-refractivity contribution >= 4 is 47.1 Å². The van der Waals surface area contributed by atoms with Gasteiger partial charge in [-0.05, 0) is 11.6 Å². The Hall–Kier alpha value is 0.330. The third kappa shape index (κ3) is 1090. The van der Waals surface area contributed by atoms with Crippen LogP contribution >= 0.6 is 36.9 Å². The van der Waals surface area contributed by atoms with E-state index in [1.54, 1.807) is 0 Å². The third-order valence-corrected chi connectivity index (χ3v) is 0. The van der Waals surface area contributed by atoms with E-state index in [0.717, 1.165) is 0 Å². The van der Waals surface area contributed by atoms with Crippen molar-refractivity contribution in [2.24, 2.45) is 0 Å². The zero-order valence-corrected chi connectivity index (χ0v) is 5.71. The molecular weight excluding hydrogens is 156 g/mol. The van der Waals surface area contributed by atoms with Crippen molar-refractivity contribution in [3.63, 3.8) is 0 Å². The minimum absolute atomic E-state index is 0.444. The standard InChI is InChI=1S/CHClOS.CH2OS/c2-1(3)4;2-1-3/h(H,3,4);1H,(H,2,3). The Labute approximate surface area is 57.0 Å². The fraction of sp³-hybridized carbons (Fsp3) is 0. The first-order valence-electron chi connectivity index (χ1n) is 1.11. The summed E-state index contributed by atoms with van der Waals surface area (Å²) in [7, 11) is 0. The maximum absolute atomic E-state index is 9.07. The molecule has 0 fully saturated rings. The summed E-state index contributed by atoms with van der Waals surface area (Å²) >= 11 is 10.7. The quantitative estimate of drug-likeness (QED) is 0.317. The molecule has 0 saturated heterocycles. The van der Waals surface area contributed by atoms with Crippen molar-refractivity contribution in [1.29, 1.82) is 0 Å². The van der Waals surface area contributed by atoms with Crippen LogP contribution in [0.4, 0.5) is 4.79 Å². The molecule has 42 valence electrons. The van der Waals surface area contributed by atoms with E-state index >= 15 is 0 Å². The maximum Gasteiger partial charge on any atom is 0.276 e. The number of carbonyl (C=O) groups excluding carboxylic acids is 2. The molecule has 7 heavy (non-hydrogen) atoms. The number of thiol groups is 2. The first kappa shape index (κ1) is 10.3. The molecule has 0 saturated carbocycles. The van der Waals surface area contributed by atoms with Crippen LogP contribution in [-0.2, 0) is 4.79 Å². The Balaban J connectivity index is 0. The second kappa shape index (κ2) is 9.59. The van der Waals surface area contributed by atoms with Crippen LogP contribution in [0.5, 0.6) is 0 Å². The van der Waals surface area contributed by atoms with Crippen LogP contribution in [0.3, 0.4) is 0 Å². The van der Waals surface area contributed by atoms with Crippen molar-refractivity contribution in [2.75, 3.05) is 0 Å². The lowest BCUT2D eigenvalue weighted by molar-refractivity contribution is 0.276. The largest absolute Gasteiger partial charge is 0.291 e. The van der Waals surface area contributed by atoms with E-state index in [9.17, 15) is 0 Å². The zero-order chi connectivity index (χ0) is 6.28. The van der Waals surface area contributed by atoms with Gasteiger partial charge in [0, 0.05) is 0 Å². The number of rotatable bonds is 0. The van der Waals surface area contributed by atoms with Crippen LogP contribution in [0.15, 0.2) is 0 Å². The fourth-order valence-corrected chi connectivity index (χ4v) is 0. The van der Waals surface area contributed by atoms with Crippen molar-refractivity contribution in [3.05, 3.63) is 0 Å². The van der Waals surface area contributed by atoms with Crippen LogP contribution in [0.2, 0.25) is 0 Å². The average Bonchev–Trinajstić information content (AvgIpc) is 1.33. The summed E-state index contributed by atoms with van der Waals surface area (Å²) < 4.78 is -0.667. The minimum atomic E-state index is -0.667. The van der Waals surface area contributed by atoms with Crippen LogP contribution in [0.1, 0.15) is 0 Å². The highest BCUT2D eigenvalue weighted by Gasteiger charge is 1.68. The first-order valence-corrected chi connectivity index (χ1v) is 2.45. The van der Waals surface area contributed by atoms with Gasteiger partial charge in [0.15, 0.2) is 5.62 Å². The van der Waals surface area contributed by atoms with Gasteiger partial charge in [0.1, 0.15) is 0 Å². The normalized spacial score (nSPS) is 5.57. The number of hydrogen-bond donors (Lipinski definition) is 2. The third-order valence-electron chi connectivity index (χ3n) is 0. The summed E-state index contributed by atoms with van der Waals surface area (Å²) in [5.74, 6) is 0. The Morgan fingerprint density at radius 2 is 1.71 bits per heavy atom. The molecule has 2 nitrogen and oxygen atoms in total. The van der Waals surface area contributed by atoms with Gasteiger partial charge in [-0.1, -0.05) is 12.6 Å². The maximum atomic E-state index is 9.07. The van der Waals surface area contributed by atoms with Gasteiger partial charge in [0.25, 0.3) is 4.57 Å². The molecule has 0 radical (unpaired) electrons. The molecule has 0 aliphatic heterocycles. The lowest BCUT2D eigenvalue weighted by Gasteiger charge is -1.51. The van der Waals surface area contributed by atoms with Crippen LogP contribution in [0, 0.1) is 0 Å². The van der Waals surface area contributed by atoms with Crippen molar-refractivity contribution in [2.45, 2.75) is 0 Å². The second-order valence-electron chi connectivity index (χ2n) is 0.358. The Kier molecular flexibility index (Phi) is 14.2. The number of hydrogen-bond acceptors (Lipinski definition) is 2. The van der Waals surface area contributed by atoms with Gasteiger partial charge in [-0.3, -0.25) is 9.59 Å². The average molecular weight is 159 g/mol. The van der Waals surface area contributed by atoms with Gasteiger partial charge in [-0.15, -0.1) is 12.6 Å². The lowest BCUT2D eigenvalue weighted by Crippen LogP contribution is -1.47. The molecule has 0 rings (SSSR count). The zero-order valence-electron chi connectivity index (χ0n) is 3.17. The van der Waals surface area contributed by atoms with Gasteiger partial charge in [0.05, 0.1) is 0 Å². The first-order chi connectivity index (χ1) is 3.15. The summed E-state index contributed by atoms with van der Waals surface area (Å²) in [4.78, 5) is 17.7. The number of carbonyl (C=O) groups is 2. The Bertz CT molecular complexity index is 60.7. The minimum Gasteiger partial charge on any atom is -0.291 e. The molecule has 0 amide bonds. The van der Waals surface area contributed by atoms with E-state index in [4.69, 9.17) is 9.59 Å². The molecule has 0 heterocycles. The molecule has 0 aliphatic carbocycles. The van der Waals surface area contributed by atoms with Crippen LogP contribution < -0.4 is 0 Å². The van der Waals surface area contributed by atoms with E-state index in [1.807, 2.05) is 0 Å². The van der Waals surface area contributed by atoms with Gasteiger partial charge in [0.2, 0.25) is 0 Å². The van der Waals surface area contributed by atoms with Gasteiger partial charge in [-0.25, -0.2) is 0 Å². The van der Waals surface area contributed by atoms with Gasteiger partial charge in [-0.2, -0.15) is 0 Å². The van der Waals surface area contributed by atoms with Gasteiger partial charge >= 0.3 is 0 Å². The van der Waals surface area contributed by atoms with Gasteiger partial charge < -0.3 is 0 Å².